The fourth-order valence-electron chi connectivity index (χ4n) is 1.44. The largest absolute Gasteiger partial charge is 0.345 e. The standard InChI is InChI=1S/C13H6N6S/c14-5-10(6-15)12(7-16)17-11-3-1-9(2-4-11)13-8-20-19-18-13/h1-4,8,17H. The number of hydrogen-bond acceptors (Lipinski definition) is 7. The Kier molecular flexibility index (Phi) is 4.04. The van der Waals surface area contributed by atoms with Gasteiger partial charge in [0.05, 0.1) is 0 Å². The first-order valence-electron chi connectivity index (χ1n) is 5.37. The maximum Gasteiger partial charge on any atom is 0.163 e. The van der Waals surface area contributed by atoms with Gasteiger partial charge in [0.2, 0.25) is 0 Å². The number of hydrogen-bond donors (Lipinski definition) is 1. The van der Waals surface area contributed by atoms with E-state index >= 15 is 0 Å². The summed E-state index contributed by atoms with van der Waals surface area (Å²) in [5.74, 6) is 0. The topological polar surface area (TPSA) is 109 Å². The van der Waals surface area contributed by atoms with Gasteiger partial charge in [-0.15, -0.1) is 5.10 Å². The summed E-state index contributed by atoms with van der Waals surface area (Å²) in [6.07, 6.45) is 0. The van der Waals surface area contributed by atoms with Gasteiger partial charge in [-0.3, -0.25) is 0 Å². The van der Waals surface area contributed by atoms with E-state index in [4.69, 9.17) is 15.8 Å². The molecule has 7 heteroatoms. The Labute approximate surface area is 119 Å². The first kappa shape index (κ1) is 13.2. The fraction of sp³-hybridized carbons (Fsp3) is 0. The molecule has 1 aromatic heterocycles. The van der Waals surface area contributed by atoms with Crippen LogP contribution in [0.3, 0.4) is 0 Å². The number of nitriles is 3. The Morgan fingerprint density at radius 1 is 1.05 bits per heavy atom. The lowest BCUT2D eigenvalue weighted by Gasteiger charge is -2.05. The van der Waals surface area contributed by atoms with Crippen LogP contribution in [0.25, 0.3) is 11.3 Å². The summed E-state index contributed by atoms with van der Waals surface area (Å²) in [6, 6.07) is 12.2. The molecule has 1 N–H and O–H groups in total. The van der Waals surface area contributed by atoms with E-state index in [0.717, 1.165) is 11.3 Å². The molecule has 0 aliphatic rings. The molecule has 0 spiro atoms. The van der Waals surface area contributed by atoms with Gasteiger partial charge in [-0.05, 0) is 23.7 Å². The van der Waals surface area contributed by atoms with E-state index in [9.17, 15) is 0 Å². The molecule has 0 aliphatic heterocycles. The van der Waals surface area contributed by atoms with Gasteiger partial charge in [-0.25, -0.2) is 0 Å². The summed E-state index contributed by atoms with van der Waals surface area (Å²) in [5.41, 5.74) is 1.95. The van der Waals surface area contributed by atoms with Crippen molar-refractivity contribution in [2.24, 2.45) is 0 Å². The molecule has 6 nitrogen and oxygen atoms in total. The van der Waals surface area contributed by atoms with Crippen LogP contribution in [0.5, 0.6) is 0 Å². The molecule has 0 amide bonds. The maximum absolute atomic E-state index is 8.94. The lowest BCUT2D eigenvalue weighted by molar-refractivity contribution is 1.16. The van der Waals surface area contributed by atoms with E-state index in [1.54, 1.807) is 30.3 Å². The van der Waals surface area contributed by atoms with Crippen LogP contribution in [0.2, 0.25) is 0 Å². The van der Waals surface area contributed by atoms with Crippen LogP contribution in [0, 0.1) is 34.0 Å². The molecule has 0 bridgehead atoms. The minimum Gasteiger partial charge on any atom is -0.345 e. The predicted molar refractivity (Wildman–Crippen MR) is 72.8 cm³/mol. The van der Waals surface area contributed by atoms with Gasteiger partial charge < -0.3 is 5.32 Å². The highest BCUT2D eigenvalue weighted by Gasteiger charge is 2.06. The highest BCUT2D eigenvalue weighted by molar-refractivity contribution is 7.03. The van der Waals surface area contributed by atoms with E-state index < -0.39 is 0 Å². The van der Waals surface area contributed by atoms with Crippen molar-refractivity contribution in [3.63, 3.8) is 0 Å². The van der Waals surface area contributed by atoms with Crippen LogP contribution < -0.4 is 5.32 Å². The third-order valence-electron chi connectivity index (χ3n) is 2.40. The van der Waals surface area contributed by atoms with Crippen LogP contribution in [-0.4, -0.2) is 9.59 Å². The molecule has 1 heterocycles. The second kappa shape index (κ2) is 6.10. The molecular weight excluding hydrogens is 272 g/mol. The second-order valence-electron chi connectivity index (χ2n) is 3.58. The van der Waals surface area contributed by atoms with Gasteiger partial charge in [0, 0.05) is 16.6 Å². The molecule has 0 fully saturated rings. The summed E-state index contributed by atoms with van der Waals surface area (Å²) in [6.45, 7) is 0. The summed E-state index contributed by atoms with van der Waals surface area (Å²) in [7, 11) is 0. The van der Waals surface area contributed by atoms with Crippen molar-refractivity contribution >= 4 is 17.2 Å². The third-order valence-corrected chi connectivity index (χ3v) is 2.90. The Balaban J connectivity index is 2.25. The van der Waals surface area contributed by atoms with E-state index in [-0.39, 0.29) is 11.3 Å². The molecule has 0 unspecified atom stereocenters. The molecule has 0 aliphatic carbocycles. The maximum atomic E-state index is 8.94. The second-order valence-corrected chi connectivity index (χ2v) is 4.19. The quantitative estimate of drug-likeness (QED) is 0.863. The summed E-state index contributed by atoms with van der Waals surface area (Å²) in [5, 5.41) is 34.9. The highest BCUT2D eigenvalue weighted by Crippen LogP contribution is 2.21. The van der Waals surface area contributed by atoms with Crippen molar-refractivity contribution in [1.29, 1.82) is 15.8 Å². The Morgan fingerprint density at radius 3 is 2.25 bits per heavy atom. The van der Waals surface area contributed by atoms with Crippen molar-refractivity contribution in [1.82, 2.24) is 9.59 Å². The molecule has 20 heavy (non-hydrogen) atoms. The van der Waals surface area contributed by atoms with Crippen molar-refractivity contribution < 1.29 is 0 Å². The molecule has 0 atom stereocenters. The number of nitrogens with one attached hydrogen (secondary N) is 1. The number of anilines is 1. The number of allylic oxidation sites excluding steroid dienone is 2. The molecule has 2 aromatic rings. The van der Waals surface area contributed by atoms with Gasteiger partial charge in [-0.2, -0.15) is 15.8 Å². The minimum atomic E-state index is -0.250. The third kappa shape index (κ3) is 2.78. The molecule has 0 radical (unpaired) electrons. The van der Waals surface area contributed by atoms with E-state index in [0.29, 0.717) is 5.69 Å². The minimum absolute atomic E-state index is 0.0712. The normalized spacial score (nSPS) is 8.85. The average Bonchev–Trinajstić information content (AvgIpc) is 3.02. The summed E-state index contributed by atoms with van der Waals surface area (Å²) < 4.78 is 3.78. The fourth-order valence-corrected chi connectivity index (χ4v) is 1.91. The molecule has 94 valence electrons. The molecule has 1 aromatic carbocycles. The summed E-state index contributed by atoms with van der Waals surface area (Å²) in [4.78, 5) is 0. The van der Waals surface area contributed by atoms with Crippen LogP contribution >= 0.6 is 11.5 Å². The first-order valence-corrected chi connectivity index (χ1v) is 6.21. The van der Waals surface area contributed by atoms with Crippen molar-refractivity contribution in [3.05, 3.63) is 40.9 Å². The number of rotatable bonds is 3. The van der Waals surface area contributed by atoms with Crippen molar-refractivity contribution in [3.8, 4) is 29.5 Å². The number of aromatic nitrogens is 2. The van der Waals surface area contributed by atoms with E-state index in [1.165, 1.54) is 11.5 Å². The highest BCUT2D eigenvalue weighted by atomic mass is 32.1. The number of nitrogens with zero attached hydrogens (tertiary/aromatic N) is 5. The molecule has 0 saturated heterocycles. The van der Waals surface area contributed by atoms with Crippen LogP contribution in [0.1, 0.15) is 0 Å². The Hall–Kier alpha value is -3.21. The zero-order valence-electron chi connectivity index (χ0n) is 10.0. The lowest BCUT2D eigenvalue weighted by atomic mass is 10.1. The van der Waals surface area contributed by atoms with Crippen LogP contribution in [-0.2, 0) is 0 Å². The molecule has 2 rings (SSSR count). The lowest BCUT2D eigenvalue weighted by Crippen LogP contribution is -2.00. The Bertz CT molecular complexity index is 737. The molecule has 0 saturated carbocycles. The SMILES string of the molecule is N#CC(C#N)=C(C#N)Nc1ccc(-c2csnn2)cc1. The monoisotopic (exact) mass is 278 g/mol. The van der Waals surface area contributed by atoms with Gasteiger partial charge in [0.25, 0.3) is 0 Å². The predicted octanol–water partition coefficient (Wildman–Crippen LogP) is 2.44. The zero-order chi connectivity index (χ0) is 14.4. The van der Waals surface area contributed by atoms with E-state index in [2.05, 4.69) is 14.9 Å². The number of benzene rings is 1. The van der Waals surface area contributed by atoms with Crippen LogP contribution in [0.15, 0.2) is 40.9 Å². The van der Waals surface area contributed by atoms with E-state index in [1.807, 2.05) is 17.5 Å². The molecular formula is C13H6N6S. The van der Waals surface area contributed by atoms with Gasteiger partial charge >= 0.3 is 0 Å². The Morgan fingerprint density at radius 2 is 1.75 bits per heavy atom. The van der Waals surface area contributed by atoms with Crippen LogP contribution in [0.4, 0.5) is 5.69 Å². The van der Waals surface area contributed by atoms with Gasteiger partial charge in [-0.1, -0.05) is 16.6 Å². The average molecular weight is 278 g/mol. The first-order chi connectivity index (χ1) is 9.78. The van der Waals surface area contributed by atoms with Crippen molar-refractivity contribution in [2.45, 2.75) is 0 Å². The zero-order valence-corrected chi connectivity index (χ0v) is 10.8. The smallest absolute Gasteiger partial charge is 0.163 e. The van der Waals surface area contributed by atoms with Crippen molar-refractivity contribution in [2.75, 3.05) is 5.32 Å². The summed E-state index contributed by atoms with van der Waals surface area (Å²) >= 11 is 1.26. The van der Waals surface area contributed by atoms with Gasteiger partial charge in [0.15, 0.2) is 5.57 Å². The van der Waals surface area contributed by atoms with Gasteiger partial charge in [0.1, 0.15) is 29.6 Å².